The van der Waals surface area contributed by atoms with Crippen LogP contribution in [0.15, 0.2) is 54.6 Å². The summed E-state index contributed by atoms with van der Waals surface area (Å²) in [5.41, 5.74) is 2.29. The van der Waals surface area contributed by atoms with Crippen molar-refractivity contribution in [2.45, 2.75) is 78.9 Å². The van der Waals surface area contributed by atoms with Gasteiger partial charge in [-0.25, -0.2) is 0 Å². The van der Waals surface area contributed by atoms with E-state index in [0.29, 0.717) is 6.04 Å². The first-order chi connectivity index (χ1) is 14.8. The summed E-state index contributed by atoms with van der Waals surface area (Å²) in [4.78, 5) is 2.72. The van der Waals surface area contributed by atoms with Crippen LogP contribution in [0.5, 0.6) is 0 Å². The van der Waals surface area contributed by atoms with E-state index in [1.54, 1.807) is 6.07 Å². The third kappa shape index (κ3) is 10.4. The molecule has 0 saturated carbocycles. The molecule has 1 fully saturated rings. The van der Waals surface area contributed by atoms with E-state index in [-0.39, 0.29) is 0 Å². The molecule has 2 aromatic carbocycles. The monoisotopic (exact) mass is 435 g/mol. The Morgan fingerprint density at radius 1 is 0.806 bits per heavy atom. The maximum atomic E-state index is 11.8. The largest absolute Gasteiger partial charge is 0.416 e. The van der Waals surface area contributed by atoms with E-state index in [1.165, 1.54) is 68.5 Å². The van der Waals surface area contributed by atoms with Gasteiger partial charge in [0.1, 0.15) is 0 Å². The topological polar surface area (TPSA) is 3.24 Å². The van der Waals surface area contributed by atoms with Crippen LogP contribution in [0.3, 0.4) is 0 Å². The molecular formula is C27H40F3N. The van der Waals surface area contributed by atoms with Crippen LogP contribution in [0.4, 0.5) is 13.2 Å². The van der Waals surface area contributed by atoms with Gasteiger partial charge in [-0.15, -0.1) is 0 Å². The van der Waals surface area contributed by atoms with Gasteiger partial charge < -0.3 is 0 Å². The molecule has 0 radical (unpaired) electrons. The zero-order valence-electron chi connectivity index (χ0n) is 19.9. The van der Waals surface area contributed by atoms with Gasteiger partial charge in [0, 0.05) is 6.04 Å². The van der Waals surface area contributed by atoms with Crippen molar-refractivity contribution in [1.82, 2.24) is 4.90 Å². The number of likely N-dealkylation sites (tertiary alicyclic amines) is 1. The van der Waals surface area contributed by atoms with E-state index in [4.69, 9.17) is 0 Å². The number of rotatable bonds is 5. The Hall–Kier alpha value is -1.81. The van der Waals surface area contributed by atoms with E-state index in [9.17, 15) is 13.2 Å². The van der Waals surface area contributed by atoms with E-state index in [0.717, 1.165) is 18.1 Å². The first-order valence-electron chi connectivity index (χ1n) is 11.7. The number of halogens is 3. The Bertz CT molecular complexity index is 687. The fourth-order valence-electron chi connectivity index (χ4n) is 3.70. The predicted molar refractivity (Wildman–Crippen MR) is 126 cm³/mol. The molecule has 1 aliphatic rings. The molecule has 0 aliphatic carbocycles. The lowest BCUT2D eigenvalue weighted by Crippen LogP contribution is -2.34. The highest BCUT2D eigenvalue weighted by Crippen LogP contribution is 2.30. The first kappa shape index (κ1) is 27.2. The minimum Gasteiger partial charge on any atom is -0.296 e. The summed E-state index contributed by atoms with van der Waals surface area (Å²) >= 11 is 0. The molecule has 1 aliphatic heterocycles. The summed E-state index contributed by atoms with van der Waals surface area (Å²) in [6.07, 6.45) is 2.60. The van der Waals surface area contributed by atoms with Crippen LogP contribution < -0.4 is 0 Å². The first-order valence-corrected chi connectivity index (χ1v) is 11.7. The van der Waals surface area contributed by atoms with Crippen LogP contribution in [-0.2, 0) is 6.18 Å². The lowest BCUT2D eigenvalue weighted by atomic mass is 9.94. The van der Waals surface area contributed by atoms with Crippen LogP contribution in [0.2, 0.25) is 0 Å². The Balaban J connectivity index is 0.000000337. The number of piperidine rings is 1. The number of hydrogen-bond acceptors (Lipinski definition) is 1. The lowest BCUT2D eigenvalue weighted by Gasteiger charge is -2.35. The SMILES string of the molecule is CC.Cc1ccc([C@H](CCC(C)C)N2CCCCC2)cc1.FC(F)(F)c1ccccc1. The van der Waals surface area contributed by atoms with Gasteiger partial charge in [0.2, 0.25) is 0 Å². The summed E-state index contributed by atoms with van der Waals surface area (Å²) in [7, 11) is 0. The van der Waals surface area contributed by atoms with Gasteiger partial charge in [-0.2, -0.15) is 13.2 Å². The van der Waals surface area contributed by atoms with Gasteiger partial charge in [-0.3, -0.25) is 4.90 Å². The van der Waals surface area contributed by atoms with Crippen molar-refractivity contribution in [2.24, 2.45) is 5.92 Å². The molecule has 1 nitrogen and oxygen atoms in total. The second-order valence-electron chi connectivity index (χ2n) is 8.36. The fourth-order valence-corrected chi connectivity index (χ4v) is 3.70. The van der Waals surface area contributed by atoms with Gasteiger partial charge >= 0.3 is 6.18 Å². The second kappa shape index (κ2) is 14.3. The van der Waals surface area contributed by atoms with Gasteiger partial charge in [-0.1, -0.05) is 94.3 Å². The summed E-state index contributed by atoms with van der Waals surface area (Å²) in [6.45, 7) is 13.4. The smallest absolute Gasteiger partial charge is 0.296 e. The Kier molecular flexibility index (Phi) is 12.5. The molecule has 0 spiro atoms. The molecule has 4 heteroatoms. The molecule has 0 amide bonds. The van der Waals surface area contributed by atoms with Crippen molar-refractivity contribution < 1.29 is 13.2 Å². The van der Waals surface area contributed by atoms with Crippen LogP contribution >= 0.6 is 0 Å². The average Bonchev–Trinajstić information content (AvgIpc) is 2.77. The summed E-state index contributed by atoms with van der Waals surface area (Å²) in [6, 6.07) is 16.2. The summed E-state index contributed by atoms with van der Waals surface area (Å²) < 4.78 is 35.4. The maximum Gasteiger partial charge on any atom is 0.416 e. The molecule has 31 heavy (non-hydrogen) atoms. The molecule has 1 heterocycles. The summed E-state index contributed by atoms with van der Waals surface area (Å²) in [5, 5.41) is 0. The molecule has 174 valence electrons. The minimum absolute atomic E-state index is 0.602. The van der Waals surface area contributed by atoms with Gasteiger partial charge in [0.25, 0.3) is 0 Å². The fraction of sp³-hybridized carbons (Fsp3) is 0.556. The zero-order chi connectivity index (χ0) is 23.3. The Morgan fingerprint density at radius 3 is 1.81 bits per heavy atom. The van der Waals surface area contributed by atoms with Crippen molar-refractivity contribution in [3.63, 3.8) is 0 Å². The second-order valence-corrected chi connectivity index (χ2v) is 8.36. The van der Waals surface area contributed by atoms with E-state index < -0.39 is 11.7 Å². The molecule has 3 rings (SSSR count). The van der Waals surface area contributed by atoms with Crippen LogP contribution in [0, 0.1) is 12.8 Å². The highest BCUT2D eigenvalue weighted by Gasteiger charge is 2.29. The molecule has 1 atom stereocenters. The summed E-state index contributed by atoms with van der Waals surface area (Å²) in [5.74, 6) is 0.803. The van der Waals surface area contributed by atoms with E-state index in [2.05, 4.69) is 49.9 Å². The van der Waals surface area contributed by atoms with Crippen molar-refractivity contribution >= 4 is 0 Å². The van der Waals surface area contributed by atoms with Crippen molar-refractivity contribution in [2.75, 3.05) is 13.1 Å². The average molecular weight is 436 g/mol. The standard InChI is InChI=1S/C18H29N.C7H5F3.C2H6/c1-15(2)7-12-18(19-13-5-4-6-14-19)17-10-8-16(3)9-11-17;8-7(9,10)6-4-2-1-3-5-6;1-2/h8-11,15,18H,4-7,12-14H2,1-3H3;1-5H;1-2H3/t18-;;/m0../s1. The predicted octanol–water partition coefficient (Wildman–Crippen LogP) is 8.69. The molecule has 1 saturated heterocycles. The molecule has 0 bridgehead atoms. The molecule has 0 unspecified atom stereocenters. The molecule has 0 aromatic heterocycles. The highest BCUT2D eigenvalue weighted by atomic mass is 19.4. The maximum absolute atomic E-state index is 11.8. The van der Waals surface area contributed by atoms with Gasteiger partial charge in [0.15, 0.2) is 0 Å². The number of nitrogens with zero attached hydrogens (tertiary/aromatic N) is 1. The number of benzene rings is 2. The van der Waals surface area contributed by atoms with Crippen LogP contribution in [-0.4, -0.2) is 18.0 Å². The van der Waals surface area contributed by atoms with Gasteiger partial charge in [0.05, 0.1) is 5.56 Å². The quantitative estimate of drug-likeness (QED) is 0.454. The van der Waals surface area contributed by atoms with E-state index in [1.807, 2.05) is 13.8 Å². The van der Waals surface area contributed by atoms with Crippen LogP contribution in [0.1, 0.15) is 82.5 Å². The normalized spacial score (nSPS) is 15.4. The van der Waals surface area contributed by atoms with Crippen LogP contribution in [0.25, 0.3) is 0 Å². The Morgan fingerprint density at radius 2 is 1.35 bits per heavy atom. The highest BCUT2D eigenvalue weighted by molar-refractivity contribution is 5.24. The van der Waals surface area contributed by atoms with Gasteiger partial charge in [-0.05, 0) is 57.2 Å². The van der Waals surface area contributed by atoms with E-state index >= 15 is 0 Å². The zero-order valence-corrected chi connectivity index (χ0v) is 19.9. The number of hydrogen-bond donors (Lipinski definition) is 0. The minimum atomic E-state index is -4.21. The lowest BCUT2D eigenvalue weighted by molar-refractivity contribution is -0.137. The molecular weight excluding hydrogens is 395 g/mol. The molecule has 0 N–H and O–H groups in total. The molecule has 2 aromatic rings. The van der Waals surface area contributed by atoms with Crippen molar-refractivity contribution in [3.05, 3.63) is 71.3 Å². The van der Waals surface area contributed by atoms with Crippen molar-refractivity contribution in [1.29, 1.82) is 0 Å². The number of alkyl halides is 3. The van der Waals surface area contributed by atoms with Crippen molar-refractivity contribution in [3.8, 4) is 0 Å². The Labute approximate surface area is 187 Å². The number of aryl methyl sites for hydroxylation is 1. The third-order valence-corrected chi connectivity index (χ3v) is 5.41. The third-order valence-electron chi connectivity index (χ3n) is 5.41.